The summed E-state index contributed by atoms with van der Waals surface area (Å²) >= 11 is 0. The largest absolute Gasteiger partial charge is 0.451 e. The Morgan fingerprint density at radius 3 is 2.65 bits per heavy atom. The van der Waals surface area contributed by atoms with Crippen molar-refractivity contribution in [2.45, 2.75) is 0 Å². The van der Waals surface area contributed by atoms with Gasteiger partial charge in [0.2, 0.25) is 0 Å². The van der Waals surface area contributed by atoms with Crippen LogP contribution in [0.4, 0.5) is 14.5 Å². The number of esters is 1. The minimum Gasteiger partial charge on any atom is -0.451 e. The monoisotopic (exact) mass is 280 g/mol. The van der Waals surface area contributed by atoms with Crippen molar-refractivity contribution >= 4 is 17.6 Å². The number of anilines is 1. The fraction of sp³-hybridized carbons (Fsp3) is 0.0769. The van der Waals surface area contributed by atoms with Crippen molar-refractivity contribution in [3.05, 3.63) is 53.9 Å². The maximum atomic E-state index is 12.9. The molecule has 1 aromatic heterocycles. The van der Waals surface area contributed by atoms with Crippen molar-refractivity contribution < 1.29 is 23.1 Å². The summed E-state index contributed by atoms with van der Waals surface area (Å²) in [6.07, 6.45) is 1.54. The van der Waals surface area contributed by atoms with Gasteiger partial charge in [-0.3, -0.25) is 4.79 Å². The second-order valence-electron chi connectivity index (χ2n) is 3.84. The molecule has 0 fully saturated rings. The second-order valence-corrected chi connectivity index (χ2v) is 3.84. The fourth-order valence-electron chi connectivity index (χ4n) is 1.44. The molecule has 0 radical (unpaired) electrons. The predicted molar refractivity (Wildman–Crippen MR) is 66.1 cm³/mol. The molecule has 1 amide bonds. The fourth-order valence-corrected chi connectivity index (χ4v) is 1.44. The van der Waals surface area contributed by atoms with E-state index < -0.39 is 30.1 Å². The van der Waals surface area contributed by atoms with Gasteiger partial charge in [-0.1, -0.05) is 0 Å². The van der Waals surface area contributed by atoms with E-state index in [-0.39, 0.29) is 11.4 Å². The van der Waals surface area contributed by atoms with E-state index in [1.807, 2.05) is 0 Å². The molecule has 1 heterocycles. The lowest BCUT2D eigenvalue weighted by molar-refractivity contribution is -0.119. The van der Waals surface area contributed by atoms with Gasteiger partial charge in [-0.15, -0.1) is 0 Å². The molecule has 5 nitrogen and oxygen atoms in total. The summed E-state index contributed by atoms with van der Waals surface area (Å²) in [5, 5.41) is 2.28. The van der Waals surface area contributed by atoms with Crippen LogP contribution in [-0.2, 0) is 9.53 Å². The summed E-state index contributed by atoms with van der Waals surface area (Å²) in [6.45, 7) is -0.531. The van der Waals surface area contributed by atoms with Crippen LogP contribution >= 0.6 is 0 Å². The van der Waals surface area contributed by atoms with Crippen LogP contribution in [0.3, 0.4) is 0 Å². The molecule has 20 heavy (non-hydrogen) atoms. The van der Waals surface area contributed by atoms with Gasteiger partial charge in [-0.05, 0) is 24.3 Å². The molecule has 0 saturated carbocycles. The molecule has 0 aliphatic carbocycles. The number of hydrogen-bond donors (Lipinski definition) is 2. The summed E-state index contributed by atoms with van der Waals surface area (Å²) < 4.78 is 30.3. The Balaban J connectivity index is 1.86. The zero-order valence-corrected chi connectivity index (χ0v) is 10.2. The third-order valence-electron chi connectivity index (χ3n) is 2.36. The summed E-state index contributed by atoms with van der Waals surface area (Å²) in [6, 6.07) is 6.02. The average molecular weight is 280 g/mol. The Labute approximate surface area is 112 Å². The number of aromatic nitrogens is 1. The molecule has 0 saturated heterocycles. The molecule has 2 N–H and O–H groups in total. The number of amides is 1. The highest BCUT2D eigenvalue weighted by atomic mass is 19.2. The molecule has 0 bridgehead atoms. The van der Waals surface area contributed by atoms with Crippen LogP contribution in [0.5, 0.6) is 0 Å². The third-order valence-corrected chi connectivity index (χ3v) is 2.36. The molecule has 0 unspecified atom stereocenters. The lowest BCUT2D eigenvalue weighted by Gasteiger charge is -2.06. The van der Waals surface area contributed by atoms with E-state index in [1.54, 1.807) is 6.07 Å². The van der Waals surface area contributed by atoms with Crippen LogP contribution in [0.1, 0.15) is 10.5 Å². The topological polar surface area (TPSA) is 71.2 Å². The van der Waals surface area contributed by atoms with Crippen LogP contribution in [0.15, 0.2) is 36.5 Å². The molecule has 0 aliphatic rings. The molecule has 0 aliphatic heterocycles. The zero-order valence-electron chi connectivity index (χ0n) is 10.2. The Morgan fingerprint density at radius 2 is 2.00 bits per heavy atom. The van der Waals surface area contributed by atoms with E-state index in [4.69, 9.17) is 4.74 Å². The molecule has 0 spiro atoms. The predicted octanol–water partition coefficient (Wildman–Crippen LogP) is 2.09. The number of benzene rings is 1. The van der Waals surface area contributed by atoms with Crippen molar-refractivity contribution in [3.8, 4) is 0 Å². The Bertz CT molecular complexity index is 627. The number of H-pyrrole nitrogens is 1. The summed E-state index contributed by atoms with van der Waals surface area (Å²) in [5.41, 5.74) is 0.287. The molecular formula is C13H10F2N2O3. The number of aromatic amines is 1. The molecule has 2 aromatic rings. The van der Waals surface area contributed by atoms with Gasteiger partial charge in [-0.2, -0.15) is 0 Å². The van der Waals surface area contributed by atoms with Gasteiger partial charge in [0.25, 0.3) is 5.91 Å². The van der Waals surface area contributed by atoms with Gasteiger partial charge >= 0.3 is 5.97 Å². The van der Waals surface area contributed by atoms with Gasteiger partial charge in [0.15, 0.2) is 18.2 Å². The number of nitrogens with one attached hydrogen (secondary N) is 2. The van der Waals surface area contributed by atoms with E-state index in [0.29, 0.717) is 0 Å². The van der Waals surface area contributed by atoms with E-state index >= 15 is 0 Å². The van der Waals surface area contributed by atoms with Gasteiger partial charge < -0.3 is 15.0 Å². The van der Waals surface area contributed by atoms with E-state index in [2.05, 4.69) is 10.3 Å². The van der Waals surface area contributed by atoms with Gasteiger partial charge in [-0.25, -0.2) is 13.6 Å². The van der Waals surface area contributed by atoms with Crippen molar-refractivity contribution in [3.63, 3.8) is 0 Å². The number of hydrogen-bond acceptors (Lipinski definition) is 3. The standard InChI is InChI=1S/C13H10F2N2O3/c14-9-4-3-8(6-10(9)15)17-12(18)7-20-13(19)11-2-1-5-16-11/h1-6,16H,7H2,(H,17,18). The third kappa shape index (κ3) is 3.41. The minimum atomic E-state index is -1.08. The molecule has 1 aromatic carbocycles. The first-order valence-electron chi connectivity index (χ1n) is 5.61. The second kappa shape index (κ2) is 5.96. The Morgan fingerprint density at radius 1 is 1.20 bits per heavy atom. The van der Waals surface area contributed by atoms with Crippen molar-refractivity contribution in [1.82, 2.24) is 4.98 Å². The summed E-state index contributed by atoms with van der Waals surface area (Å²) in [7, 11) is 0. The highest BCUT2D eigenvalue weighted by Crippen LogP contribution is 2.12. The summed E-state index contributed by atoms with van der Waals surface area (Å²) in [4.78, 5) is 25.5. The van der Waals surface area contributed by atoms with E-state index in [0.717, 1.165) is 12.1 Å². The van der Waals surface area contributed by atoms with Crippen LogP contribution in [0.25, 0.3) is 0 Å². The number of ether oxygens (including phenoxy) is 1. The number of carbonyl (C=O) groups excluding carboxylic acids is 2. The van der Waals surface area contributed by atoms with Crippen LogP contribution in [0, 0.1) is 11.6 Å². The number of carbonyl (C=O) groups is 2. The quantitative estimate of drug-likeness (QED) is 0.842. The average Bonchev–Trinajstić information content (AvgIpc) is 2.94. The van der Waals surface area contributed by atoms with Gasteiger partial charge in [0, 0.05) is 18.0 Å². The maximum absolute atomic E-state index is 12.9. The molecule has 2 rings (SSSR count). The first-order chi connectivity index (χ1) is 9.56. The first-order valence-corrected chi connectivity index (χ1v) is 5.61. The zero-order chi connectivity index (χ0) is 14.5. The SMILES string of the molecule is O=C(COC(=O)c1ccc[nH]1)Nc1ccc(F)c(F)c1. The van der Waals surface area contributed by atoms with Crippen LogP contribution in [0.2, 0.25) is 0 Å². The van der Waals surface area contributed by atoms with Crippen molar-refractivity contribution in [1.29, 1.82) is 0 Å². The summed E-state index contributed by atoms with van der Waals surface area (Å²) in [5.74, 6) is -3.43. The normalized spacial score (nSPS) is 10.1. The van der Waals surface area contributed by atoms with Crippen LogP contribution < -0.4 is 5.32 Å². The number of rotatable bonds is 4. The molecule has 0 atom stereocenters. The smallest absolute Gasteiger partial charge is 0.355 e. The Hall–Kier alpha value is -2.70. The van der Waals surface area contributed by atoms with Gasteiger partial charge in [0.05, 0.1) is 0 Å². The van der Waals surface area contributed by atoms with E-state index in [1.165, 1.54) is 18.3 Å². The molecule has 7 heteroatoms. The maximum Gasteiger partial charge on any atom is 0.355 e. The molecular weight excluding hydrogens is 270 g/mol. The minimum absolute atomic E-state index is 0.0739. The molecule has 104 valence electrons. The van der Waals surface area contributed by atoms with E-state index in [9.17, 15) is 18.4 Å². The van der Waals surface area contributed by atoms with Crippen molar-refractivity contribution in [2.24, 2.45) is 0 Å². The number of halogens is 2. The van der Waals surface area contributed by atoms with Crippen LogP contribution in [-0.4, -0.2) is 23.5 Å². The highest BCUT2D eigenvalue weighted by Gasteiger charge is 2.11. The Kier molecular flexibility index (Phi) is 4.09. The first kappa shape index (κ1) is 13.7. The lowest BCUT2D eigenvalue weighted by atomic mass is 10.3. The lowest BCUT2D eigenvalue weighted by Crippen LogP contribution is -2.21. The van der Waals surface area contributed by atoms with Crippen molar-refractivity contribution in [2.75, 3.05) is 11.9 Å². The highest BCUT2D eigenvalue weighted by molar-refractivity contribution is 5.94. The van der Waals surface area contributed by atoms with Gasteiger partial charge in [0.1, 0.15) is 5.69 Å².